The Balaban J connectivity index is 2.16. The van der Waals surface area contributed by atoms with Crippen molar-refractivity contribution < 1.29 is 37.8 Å². The first kappa shape index (κ1) is 26.2. The van der Waals surface area contributed by atoms with Crippen LogP contribution < -0.4 is 0 Å². The van der Waals surface area contributed by atoms with Gasteiger partial charge in [0.2, 0.25) is 0 Å². The van der Waals surface area contributed by atoms with Crippen molar-refractivity contribution in [1.82, 2.24) is 0 Å². The molecular weight excluding hydrogens is 502 g/mol. The number of benzene rings is 4. The molecule has 8 nitrogen and oxygen atoms in total. The molecule has 0 saturated heterocycles. The van der Waals surface area contributed by atoms with Crippen LogP contribution in [0.5, 0.6) is 0 Å². The minimum atomic E-state index is -5.53. The molecule has 186 valence electrons. The van der Waals surface area contributed by atoms with E-state index in [1.165, 1.54) is 0 Å². The first-order valence-electron chi connectivity index (χ1n) is 10.8. The third-order valence-electron chi connectivity index (χ3n) is 5.72. The quantitative estimate of drug-likeness (QED) is 0.222. The van der Waals surface area contributed by atoms with E-state index in [2.05, 4.69) is 4.31 Å². The lowest BCUT2D eigenvalue weighted by atomic mass is 9.66. The molecule has 0 aliphatic rings. The van der Waals surface area contributed by atoms with Gasteiger partial charge in [0.05, 0.1) is 0 Å². The van der Waals surface area contributed by atoms with E-state index in [4.69, 9.17) is 4.52 Å². The van der Waals surface area contributed by atoms with Gasteiger partial charge >= 0.3 is 15.6 Å². The van der Waals surface area contributed by atoms with Crippen LogP contribution in [0.3, 0.4) is 0 Å². The van der Waals surface area contributed by atoms with Gasteiger partial charge in [-0.25, -0.2) is 9.13 Å². The number of phosphoric ester groups is 1. The fourth-order valence-electron chi connectivity index (χ4n) is 4.36. The second-order valence-corrected chi connectivity index (χ2v) is 10.7. The standard InChI is InChI=1S/C26H24O8P2/c27-25(21-13-5-1-6-14-21,22-15-7-2-8-16-22)26(23-17-9-3-10-18-23,24-19-11-4-12-20-24)33-36(31,32)34-35(28,29)30/h1-20,27H,(H,31,32)(H2,28,29,30). The third-order valence-corrected chi connectivity index (χ3v) is 7.90. The zero-order chi connectivity index (χ0) is 25.9. The van der Waals surface area contributed by atoms with Crippen molar-refractivity contribution in [3.63, 3.8) is 0 Å². The maximum absolute atomic E-state index is 13.2. The molecule has 0 aromatic heterocycles. The lowest BCUT2D eigenvalue weighted by Crippen LogP contribution is -2.52. The summed E-state index contributed by atoms with van der Waals surface area (Å²) in [4.78, 5) is 29.4. The zero-order valence-corrected chi connectivity index (χ0v) is 20.7. The molecule has 4 N–H and O–H groups in total. The second kappa shape index (κ2) is 10.2. The highest BCUT2D eigenvalue weighted by molar-refractivity contribution is 7.60. The number of phosphoric acid groups is 2. The van der Waals surface area contributed by atoms with E-state index in [1.807, 2.05) is 0 Å². The van der Waals surface area contributed by atoms with Gasteiger partial charge in [-0.05, 0) is 22.3 Å². The maximum atomic E-state index is 13.2. The van der Waals surface area contributed by atoms with E-state index in [1.54, 1.807) is 121 Å². The van der Waals surface area contributed by atoms with Gasteiger partial charge in [0.25, 0.3) is 0 Å². The predicted octanol–water partition coefficient (Wildman–Crippen LogP) is 5.09. The van der Waals surface area contributed by atoms with Crippen LogP contribution in [0.1, 0.15) is 22.3 Å². The highest BCUT2D eigenvalue weighted by atomic mass is 31.3. The summed E-state index contributed by atoms with van der Waals surface area (Å²) in [6.07, 6.45) is 0. The van der Waals surface area contributed by atoms with Crippen LogP contribution in [-0.2, 0) is 29.2 Å². The molecule has 0 bridgehead atoms. The SMILES string of the molecule is O=P(O)(O)OP(=O)(O)OC(c1ccccc1)(c1ccccc1)C(O)(c1ccccc1)c1ccccc1. The molecule has 0 radical (unpaired) electrons. The first-order chi connectivity index (χ1) is 17.1. The predicted molar refractivity (Wildman–Crippen MR) is 134 cm³/mol. The van der Waals surface area contributed by atoms with Crippen LogP contribution >= 0.6 is 15.6 Å². The molecule has 0 aliphatic heterocycles. The summed E-state index contributed by atoms with van der Waals surface area (Å²) in [6.45, 7) is 0. The van der Waals surface area contributed by atoms with Gasteiger partial charge in [-0.1, -0.05) is 121 Å². The lowest BCUT2D eigenvalue weighted by Gasteiger charge is -2.48. The maximum Gasteiger partial charge on any atom is 0.482 e. The largest absolute Gasteiger partial charge is 0.482 e. The first-order valence-corrected chi connectivity index (χ1v) is 13.9. The molecule has 4 rings (SSSR count). The van der Waals surface area contributed by atoms with E-state index in [0.717, 1.165) is 0 Å². The topological polar surface area (TPSA) is 134 Å². The highest BCUT2D eigenvalue weighted by Crippen LogP contribution is 2.65. The van der Waals surface area contributed by atoms with Crippen LogP contribution in [0.2, 0.25) is 0 Å². The Morgan fingerprint density at radius 3 is 1.14 bits per heavy atom. The smallest absolute Gasteiger partial charge is 0.377 e. The minimum Gasteiger partial charge on any atom is -0.377 e. The molecule has 36 heavy (non-hydrogen) atoms. The Morgan fingerprint density at radius 2 is 0.833 bits per heavy atom. The normalized spacial score (nSPS) is 14.2. The van der Waals surface area contributed by atoms with Crippen molar-refractivity contribution in [1.29, 1.82) is 0 Å². The highest BCUT2D eigenvalue weighted by Gasteiger charge is 2.60. The van der Waals surface area contributed by atoms with Crippen LogP contribution in [0.15, 0.2) is 121 Å². The molecule has 0 amide bonds. The number of hydrogen-bond donors (Lipinski definition) is 4. The summed E-state index contributed by atoms with van der Waals surface area (Å²) in [5.74, 6) is 0. The number of hydrogen-bond acceptors (Lipinski definition) is 5. The molecule has 0 spiro atoms. The van der Waals surface area contributed by atoms with Crippen molar-refractivity contribution in [2.45, 2.75) is 11.2 Å². The van der Waals surface area contributed by atoms with E-state index in [0.29, 0.717) is 11.1 Å². The van der Waals surface area contributed by atoms with Gasteiger partial charge in [0.15, 0.2) is 11.2 Å². The van der Waals surface area contributed by atoms with E-state index >= 15 is 0 Å². The van der Waals surface area contributed by atoms with Crippen molar-refractivity contribution in [2.75, 3.05) is 0 Å². The molecular formula is C26H24O8P2. The second-order valence-electron chi connectivity index (χ2n) is 7.99. The molecule has 4 aromatic rings. The summed E-state index contributed by atoms with van der Waals surface area (Å²) < 4.78 is 34.8. The van der Waals surface area contributed by atoms with Crippen molar-refractivity contribution in [3.8, 4) is 0 Å². The molecule has 0 aliphatic carbocycles. The lowest BCUT2D eigenvalue weighted by molar-refractivity contribution is -0.106. The number of rotatable bonds is 9. The van der Waals surface area contributed by atoms with Gasteiger partial charge in [-0.3, -0.25) is 4.52 Å². The van der Waals surface area contributed by atoms with Gasteiger partial charge in [-0.2, -0.15) is 4.31 Å². The van der Waals surface area contributed by atoms with Crippen LogP contribution in [0.4, 0.5) is 0 Å². The molecule has 1 atom stereocenters. The van der Waals surface area contributed by atoms with Crippen molar-refractivity contribution in [2.24, 2.45) is 0 Å². The fraction of sp³-hybridized carbons (Fsp3) is 0.0769. The average Bonchev–Trinajstić information content (AvgIpc) is 2.87. The summed E-state index contributed by atoms with van der Waals surface area (Å²) in [6, 6.07) is 33.1. The Labute approximate surface area is 208 Å². The van der Waals surface area contributed by atoms with Crippen LogP contribution in [-0.4, -0.2) is 19.8 Å². The molecule has 10 heteroatoms. The van der Waals surface area contributed by atoms with Gasteiger partial charge < -0.3 is 19.8 Å². The van der Waals surface area contributed by atoms with E-state index in [9.17, 15) is 28.9 Å². The van der Waals surface area contributed by atoms with Crippen molar-refractivity contribution in [3.05, 3.63) is 144 Å². The molecule has 4 aromatic carbocycles. The molecule has 0 saturated carbocycles. The molecule has 0 heterocycles. The van der Waals surface area contributed by atoms with Crippen LogP contribution in [0, 0.1) is 0 Å². The number of aliphatic hydroxyl groups is 1. The summed E-state index contributed by atoms with van der Waals surface area (Å²) in [7, 11) is -11.0. The average molecular weight is 526 g/mol. The molecule has 1 unspecified atom stereocenters. The Hall–Kier alpha value is -2.90. The molecule has 0 fully saturated rings. The Morgan fingerprint density at radius 1 is 0.528 bits per heavy atom. The summed E-state index contributed by atoms with van der Waals surface area (Å²) >= 11 is 0. The Kier molecular flexibility index (Phi) is 7.43. The summed E-state index contributed by atoms with van der Waals surface area (Å²) in [5, 5.41) is 12.8. The van der Waals surface area contributed by atoms with E-state index in [-0.39, 0.29) is 11.1 Å². The zero-order valence-electron chi connectivity index (χ0n) is 18.9. The third kappa shape index (κ3) is 5.13. The van der Waals surface area contributed by atoms with Gasteiger partial charge in [0, 0.05) is 0 Å². The monoisotopic (exact) mass is 526 g/mol. The van der Waals surface area contributed by atoms with Crippen molar-refractivity contribution >= 4 is 15.6 Å². The minimum absolute atomic E-state index is 0.231. The van der Waals surface area contributed by atoms with E-state index < -0.39 is 26.8 Å². The van der Waals surface area contributed by atoms with Gasteiger partial charge in [-0.15, -0.1) is 0 Å². The van der Waals surface area contributed by atoms with Crippen LogP contribution in [0.25, 0.3) is 0 Å². The Bertz CT molecular complexity index is 1300. The summed E-state index contributed by atoms with van der Waals surface area (Å²) in [5.41, 5.74) is -3.38. The fourth-order valence-corrected chi connectivity index (χ4v) is 6.26. The van der Waals surface area contributed by atoms with Gasteiger partial charge in [0.1, 0.15) is 0 Å².